The van der Waals surface area contributed by atoms with Gasteiger partial charge in [0.25, 0.3) is 5.69 Å². The van der Waals surface area contributed by atoms with Gasteiger partial charge in [-0.15, -0.1) is 5.10 Å². The Morgan fingerprint density at radius 2 is 2.26 bits per heavy atom. The molecule has 1 aliphatic rings. The molecule has 0 bridgehead atoms. The van der Waals surface area contributed by atoms with Crippen LogP contribution in [0.3, 0.4) is 0 Å². The molecule has 10 heteroatoms. The van der Waals surface area contributed by atoms with Crippen LogP contribution in [0, 0.1) is 10.1 Å². The lowest BCUT2D eigenvalue weighted by Gasteiger charge is -1.99. The summed E-state index contributed by atoms with van der Waals surface area (Å²) in [6, 6.07) is 5.92. The van der Waals surface area contributed by atoms with Crippen molar-refractivity contribution in [3.8, 4) is 0 Å². The zero-order chi connectivity index (χ0) is 17.0. The Hall–Kier alpha value is -2.75. The quantitative estimate of drug-likeness (QED) is 0.474. The van der Waals surface area contributed by atoms with Gasteiger partial charge >= 0.3 is 5.97 Å². The maximum atomic E-state index is 11.6. The van der Waals surface area contributed by atoms with Crippen LogP contribution in [0.4, 0.5) is 5.69 Å². The van der Waals surface area contributed by atoms with Crippen molar-refractivity contribution in [1.82, 2.24) is 5.32 Å². The number of carbonyl (C=O) groups is 2. The molecule has 1 aromatic rings. The summed E-state index contributed by atoms with van der Waals surface area (Å²) >= 11 is 0.986. The first-order valence-electron chi connectivity index (χ1n) is 6.43. The first-order valence-corrected chi connectivity index (χ1v) is 7.31. The van der Waals surface area contributed by atoms with Crippen molar-refractivity contribution in [2.24, 2.45) is 10.2 Å². The van der Waals surface area contributed by atoms with Gasteiger partial charge in [-0.1, -0.05) is 23.9 Å². The number of non-ortho nitro benzene ring substituents is 1. The zero-order valence-electron chi connectivity index (χ0n) is 11.9. The van der Waals surface area contributed by atoms with Gasteiger partial charge in [0.05, 0.1) is 17.1 Å². The van der Waals surface area contributed by atoms with Crippen LogP contribution < -0.4 is 5.32 Å². The number of thioether (sulfide) groups is 1. The topological polar surface area (TPSA) is 134 Å². The Morgan fingerprint density at radius 1 is 1.52 bits per heavy atom. The lowest BCUT2D eigenvalue weighted by molar-refractivity contribution is -0.384. The third-order valence-electron chi connectivity index (χ3n) is 2.90. The van der Waals surface area contributed by atoms with Crippen LogP contribution in [0.25, 0.3) is 0 Å². The average molecular weight is 336 g/mol. The van der Waals surface area contributed by atoms with E-state index in [1.165, 1.54) is 18.2 Å². The molecule has 0 radical (unpaired) electrons. The molecule has 9 nitrogen and oxygen atoms in total. The number of aliphatic carboxylic acids is 1. The largest absolute Gasteiger partial charge is 0.481 e. The third-order valence-corrected chi connectivity index (χ3v) is 3.97. The summed E-state index contributed by atoms with van der Waals surface area (Å²) in [5.41, 5.74) is 0.896. The molecule has 2 N–H and O–H groups in total. The van der Waals surface area contributed by atoms with Gasteiger partial charge in [-0.2, -0.15) is 5.10 Å². The second kappa shape index (κ2) is 7.01. The minimum atomic E-state index is -1.07. The summed E-state index contributed by atoms with van der Waals surface area (Å²) in [6.45, 7) is 1.62. The van der Waals surface area contributed by atoms with E-state index in [0.717, 1.165) is 11.8 Å². The van der Waals surface area contributed by atoms with E-state index < -0.39 is 22.0 Å². The van der Waals surface area contributed by atoms with Crippen LogP contribution in [0.5, 0.6) is 0 Å². The molecule has 0 saturated carbocycles. The molecule has 0 aliphatic carbocycles. The predicted octanol–water partition coefficient (Wildman–Crippen LogP) is 1.38. The first kappa shape index (κ1) is 16.6. The van der Waals surface area contributed by atoms with Crippen LogP contribution in [0.2, 0.25) is 0 Å². The molecule has 0 unspecified atom stereocenters. The Labute approximate surface area is 134 Å². The zero-order valence-corrected chi connectivity index (χ0v) is 12.7. The highest BCUT2D eigenvalue weighted by Gasteiger charge is 2.32. The molecule has 1 aliphatic heterocycles. The van der Waals surface area contributed by atoms with E-state index >= 15 is 0 Å². The molecule has 1 amide bonds. The van der Waals surface area contributed by atoms with E-state index in [9.17, 15) is 19.7 Å². The van der Waals surface area contributed by atoms with Crippen LogP contribution in [-0.4, -0.2) is 38.0 Å². The minimum Gasteiger partial charge on any atom is -0.481 e. The molecular formula is C13H12N4O5S. The second-order valence-corrected chi connectivity index (χ2v) is 5.78. The number of nitrogens with zero attached hydrogens (tertiary/aromatic N) is 3. The molecule has 1 atom stereocenters. The fourth-order valence-electron chi connectivity index (χ4n) is 1.77. The molecular weight excluding hydrogens is 324 g/mol. The van der Waals surface area contributed by atoms with Gasteiger partial charge in [0.1, 0.15) is 5.25 Å². The summed E-state index contributed by atoms with van der Waals surface area (Å²) in [5.74, 6) is -1.51. The molecule has 0 aromatic heterocycles. The maximum Gasteiger partial charge on any atom is 0.305 e. The highest BCUT2D eigenvalue weighted by Crippen LogP contribution is 2.22. The van der Waals surface area contributed by atoms with Crippen LogP contribution in [0.1, 0.15) is 18.9 Å². The number of nitro benzene ring substituents is 1. The number of hydrogen-bond acceptors (Lipinski definition) is 7. The molecule has 120 valence electrons. The van der Waals surface area contributed by atoms with Crippen LogP contribution in [0.15, 0.2) is 34.5 Å². The average Bonchev–Trinajstić information content (AvgIpc) is 2.84. The van der Waals surface area contributed by atoms with Gasteiger partial charge in [0.15, 0.2) is 5.17 Å². The number of nitro groups is 1. The summed E-state index contributed by atoms with van der Waals surface area (Å²) < 4.78 is 0. The number of rotatable bonds is 5. The predicted molar refractivity (Wildman–Crippen MR) is 84.5 cm³/mol. The van der Waals surface area contributed by atoms with Crippen molar-refractivity contribution < 1.29 is 19.6 Å². The van der Waals surface area contributed by atoms with Gasteiger partial charge in [0.2, 0.25) is 5.91 Å². The molecule has 0 spiro atoms. The second-order valence-electron chi connectivity index (χ2n) is 4.59. The van der Waals surface area contributed by atoms with Crippen molar-refractivity contribution in [2.45, 2.75) is 18.6 Å². The van der Waals surface area contributed by atoms with Gasteiger partial charge < -0.3 is 10.4 Å². The Morgan fingerprint density at radius 3 is 2.91 bits per heavy atom. The van der Waals surface area contributed by atoms with E-state index in [1.54, 1.807) is 13.0 Å². The number of carboxylic acids is 1. The molecule has 1 heterocycles. The van der Waals surface area contributed by atoms with E-state index in [0.29, 0.717) is 11.3 Å². The molecule has 2 rings (SSSR count). The van der Waals surface area contributed by atoms with Crippen LogP contribution >= 0.6 is 11.8 Å². The number of hydrogen-bond donors (Lipinski definition) is 2. The fraction of sp³-hybridized carbons (Fsp3) is 0.231. The summed E-state index contributed by atoms with van der Waals surface area (Å²) in [4.78, 5) is 32.4. The molecule has 1 aromatic carbocycles. The lowest BCUT2D eigenvalue weighted by atomic mass is 10.1. The lowest BCUT2D eigenvalue weighted by Crippen LogP contribution is -2.26. The smallest absolute Gasteiger partial charge is 0.305 e. The van der Waals surface area contributed by atoms with Gasteiger partial charge in [-0.25, -0.2) is 0 Å². The molecule has 23 heavy (non-hydrogen) atoms. The number of amidine groups is 1. The van der Waals surface area contributed by atoms with Gasteiger partial charge in [-0.05, 0) is 6.92 Å². The summed E-state index contributed by atoms with van der Waals surface area (Å²) in [6.07, 6.45) is -0.302. The standard InChI is InChI=1S/C13H12N4O5S/c1-7(8-3-2-4-9(5-8)17(21)22)15-16-13-14-12(20)10(23-13)6-11(18)19/h2-5,10H,6H2,1H3,(H,18,19)(H,14,16,20)/b15-7+/t10-/m0/s1. The van der Waals surface area contributed by atoms with Crippen molar-refractivity contribution in [1.29, 1.82) is 0 Å². The number of nitrogens with one attached hydrogen (secondary N) is 1. The first-order chi connectivity index (χ1) is 10.9. The number of amides is 1. The normalized spacial score (nSPS) is 19.7. The van der Waals surface area contributed by atoms with Gasteiger partial charge in [0, 0.05) is 17.7 Å². The fourth-order valence-corrected chi connectivity index (χ4v) is 2.68. The summed E-state index contributed by atoms with van der Waals surface area (Å²) in [7, 11) is 0. The highest BCUT2D eigenvalue weighted by atomic mass is 32.2. The van der Waals surface area contributed by atoms with Gasteiger partial charge in [-0.3, -0.25) is 19.7 Å². The maximum absolute atomic E-state index is 11.6. The van der Waals surface area contributed by atoms with E-state index in [1.807, 2.05) is 0 Å². The Bertz CT molecular complexity index is 731. The van der Waals surface area contributed by atoms with E-state index in [-0.39, 0.29) is 17.3 Å². The Balaban J connectivity index is 2.13. The van der Waals surface area contributed by atoms with Crippen molar-refractivity contribution in [2.75, 3.05) is 0 Å². The van der Waals surface area contributed by atoms with E-state index in [4.69, 9.17) is 5.11 Å². The number of benzene rings is 1. The number of carboxylic acid groups (broad SMARTS) is 1. The van der Waals surface area contributed by atoms with Crippen LogP contribution in [-0.2, 0) is 9.59 Å². The van der Waals surface area contributed by atoms with E-state index in [2.05, 4.69) is 15.5 Å². The van der Waals surface area contributed by atoms with Crippen molar-refractivity contribution in [3.05, 3.63) is 39.9 Å². The Kier molecular flexibility index (Phi) is 5.06. The molecule has 1 saturated heterocycles. The number of carbonyl (C=O) groups excluding carboxylic acids is 1. The summed E-state index contributed by atoms with van der Waals surface area (Å²) in [5, 5.41) is 29.1. The highest BCUT2D eigenvalue weighted by molar-refractivity contribution is 8.15. The minimum absolute atomic E-state index is 0.0604. The molecule has 1 fully saturated rings. The SMILES string of the molecule is C/C(=N\N=C1\NC(=O)[C@H](CC(=O)O)S1)c1cccc([N+](=O)[O-])c1. The third kappa shape index (κ3) is 4.36. The van der Waals surface area contributed by atoms with Crippen molar-refractivity contribution in [3.63, 3.8) is 0 Å². The monoisotopic (exact) mass is 336 g/mol. The van der Waals surface area contributed by atoms with Crippen molar-refractivity contribution >= 4 is 40.2 Å².